The van der Waals surface area contributed by atoms with Crippen LogP contribution in [0.15, 0.2) is 150 Å². The third kappa shape index (κ3) is 4.13. The van der Waals surface area contributed by atoms with Crippen LogP contribution in [0.5, 0.6) is 0 Å². The van der Waals surface area contributed by atoms with Gasteiger partial charge in [-0.05, 0) is 57.6 Å². The van der Waals surface area contributed by atoms with Gasteiger partial charge in [-0.25, -0.2) is 9.97 Å². The van der Waals surface area contributed by atoms with Crippen molar-refractivity contribution in [1.82, 2.24) is 9.97 Å². The zero-order valence-electron chi connectivity index (χ0n) is 25.7. The Hall–Kier alpha value is -5.80. The van der Waals surface area contributed by atoms with E-state index in [1.807, 2.05) is 42.5 Å². The average Bonchev–Trinajstić information content (AvgIpc) is 3.60. The summed E-state index contributed by atoms with van der Waals surface area (Å²) >= 11 is 0. The summed E-state index contributed by atoms with van der Waals surface area (Å²) in [6.45, 7) is 4.65. The van der Waals surface area contributed by atoms with Crippen LogP contribution in [0, 0.1) is 0 Å². The molecule has 1 aliphatic rings. The largest absolute Gasteiger partial charge is 0.456 e. The van der Waals surface area contributed by atoms with Gasteiger partial charge in [-0.3, -0.25) is 0 Å². The molecule has 0 saturated heterocycles. The molecule has 3 heteroatoms. The molecule has 6 aromatic carbocycles. The molecule has 0 radical (unpaired) electrons. The van der Waals surface area contributed by atoms with E-state index in [-0.39, 0.29) is 5.41 Å². The SMILES string of the molecule is CC1(C)c2ccc(-c3ccc(-c4nc(-c5ccccc5)cc(-c5ccccc5)n4)cc3)cc2-c2c1ccc1oc3ccccc3c21. The number of nitrogens with zero attached hydrogens (tertiary/aromatic N) is 2. The summed E-state index contributed by atoms with van der Waals surface area (Å²) in [6, 6.07) is 51.0. The van der Waals surface area contributed by atoms with Crippen LogP contribution < -0.4 is 0 Å². The molecule has 46 heavy (non-hydrogen) atoms. The van der Waals surface area contributed by atoms with Crippen LogP contribution >= 0.6 is 0 Å². The molecule has 0 saturated carbocycles. The number of furan rings is 1. The summed E-state index contributed by atoms with van der Waals surface area (Å²) in [6.07, 6.45) is 0. The molecule has 2 aromatic heterocycles. The molecule has 0 amide bonds. The summed E-state index contributed by atoms with van der Waals surface area (Å²) in [4.78, 5) is 10.0. The highest BCUT2D eigenvalue weighted by atomic mass is 16.3. The molecule has 0 spiro atoms. The first kappa shape index (κ1) is 26.6. The van der Waals surface area contributed by atoms with Gasteiger partial charge in [0.25, 0.3) is 0 Å². The van der Waals surface area contributed by atoms with Gasteiger partial charge in [-0.15, -0.1) is 0 Å². The van der Waals surface area contributed by atoms with E-state index in [0.717, 1.165) is 44.8 Å². The van der Waals surface area contributed by atoms with Crippen molar-refractivity contribution in [2.45, 2.75) is 19.3 Å². The monoisotopic (exact) mass is 590 g/mol. The van der Waals surface area contributed by atoms with Crippen LogP contribution in [0.4, 0.5) is 0 Å². The third-order valence-corrected chi connectivity index (χ3v) is 9.52. The fourth-order valence-corrected chi connectivity index (χ4v) is 7.14. The molecule has 218 valence electrons. The maximum absolute atomic E-state index is 6.29. The van der Waals surface area contributed by atoms with E-state index in [1.54, 1.807) is 0 Å². The van der Waals surface area contributed by atoms with E-state index in [2.05, 4.69) is 117 Å². The Labute approximate surface area is 267 Å². The molecule has 0 N–H and O–H groups in total. The Morgan fingerprint density at radius 1 is 0.478 bits per heavy atom. The Kier molecular flexibility index (Phi) is 5.85. The fraction of sp³-hybridized carbons (Fsp3) is 0.0698. The summed E-state index contributed by atoms with van der Waals surface area (Å²) in [5.41, 5.74) is 14.3. The molecule has 9 rings (SSSR count). The number of fused-ring (bicyclic) bond motifs is 7. The molecule has 2 heterocycles. The standard InChI is InChI=1S/C43H30N2O/c1-43(2)34-22-21-31(25-33(34)40-35(43)23-24-39-41(40)32-15-9-10-16-38(32)46-39)27-17-19-30(20-18-27)42-44-36(28-11-5-3-6-12-28)26-37(45-42)29-13-7-4-8-14-29/h3-26H,1-2H3. The van der Waals surface area contributed by atoms with Crippen molar-refractivity contribution in [3.63, 3.8) is 0 Å². The minimum Gasteiger partial charge on any atom is -0.456 e. The van der Waals surface area contributed by atoms with Crippen LogP contribution in [0.2, 0.25) is 0 Å². The molecule has 0 aliphatic heterocycles. The molecule has 0 atom stereocenters. The minimum atomic E-state index is -0.100. The lowest BCUT2D eigenvalue weighted by molar-refractivity contribution is 0.656. The van der Waals surface area contributed by atoms with Gasteiger partial charge in [0.05, 0.1) is 11.4 Å². The van der Waals surface area contributed by atoms with Crippen LogP contribution in [-0.4, -0.2) is 9.97 Å². The second-order valence-corrected chi connectivity index (χ2v) is 12.6. The second kappa shape index (κ2) is 10.1. The Morgan fingerprint density at radius 3 is 1.76 bits per heavy atom. The summed E-state index contributed by atoms with van der Waals surface area (Å²) in [7, 11) is 0. The van der Waals surface area contributed by atoms with E-state index in [0.29, 0.717) is 5.82 Å². The van der Waals surface area contributed by atoms with E-state index in [9.17, 15) is 0 Å². The van der Waals surface area contributed by atoms with Gasteiger partial charge in [0.1, 0.15) is 11.2 Å². The topological polar surface area (TPSA) is 38.9 Å². The molecule has 0 bridgehead atoms. The molecule has 0 fully saturated rings. The molecule has 8 aromatic rings. The quantitative estimate of drug-likeness (QED) is 0.205. The maximum atomic E-state index is 6.29. The van der Waals surface area contributed by atoms with Crippen molar-refractivity contribution in [3.05, 3.63) is 157 Å². The molecule has 3 nitrogen and oxygen atoms in total. The van der Waals surface area contributed by atoms with Gasteiger partial charge in [-0.2, -0.15) is 0 Å². The van der Waals surface area contributed by atoms with E-state index >= 15 is 0 Å². The van der Waals surface area contributed by atoms with Gasteiger partial charge in [0.2, 0.25) is 0 Å². The van der Waals surface area contributed by atoms with Gasteiger partial charge >= 0.3 is 0 Å². The number of para-hydroxylation sites is 1. The average molecular weight is 591 g/mol. The van der Waals surface area contributed by atoms with Gasteiger partial charge in [0, 0.05) is 32.9 Å². The third-order valence-electron chi connectivity index (χ3n) is 9.52. The summed E-state index contributed by atoms with van der Waals surface area (Å²) in [5, 5.41) is 2.37. The zero-order valence-corrected chi connectivity index (χ0v) is 25.7. The predicted molar refractivity (Wildman–Crippen MR) is 189 cm³/mol. The predicted octanol–water partition coefficient (Wildman–Crippen LogP) is 11.4. The lowest BCUT2D eigenvalue weighted by Gasteiger charge is -2.21. The Bertz CT molecular complexity index is 2360. The van der Waals surface area contributed by atoms with Crippen molar-refractivity contribution in [3.8, 4) is 56.2 Å². The Morgan fingerprint density at radius 2 is 1.07 bits per heavy atom. The number of hydrogen-bond acceptors (Lipinski definition) is 3. The van der Waals surface area contributed by atoms with Crippen LogP contribution in [0.25, 0.3) is 78.1 Å². The van der Waals surface area contributed by atoms with E-state index in [1.165, 1.54) is 38.6 Å². The highest BCUT2D eigenvalue weighted by molar-refractivity contribution is 6.15. The smallest absolute Gasteiger partial charge is 0.160 e. The highest BCUT2D eigenvalue weighted by Gasteiger charge is 2.37. The minimum absolute atomic E-state index is 0.100. The van der Waals surface area contributed by atoms with Gasteiger partial charge in [-0.1, -0.05) is 135 Å². The number of aromatic nitrogens is 2. The normalized spacial score (nSPS) is 13.2. The van der Waals surface area contributed by atoms with E-state index in [4.69, 9.17) is 14.4 Å². The fourth-order valence-electron chi connectivity index (χ4n) is 7.14. The molecule has 0 unspecified atom stereocenters. The lowest BCUT2D eigenvalue weighted by atomic mass is 9.82. The summed E-state index contributed by atoms with van der Waals surface area (Å²) in [5.74, 6) is 0.714. The second-order valence-electron chi connectivity index (χ2n) is 12.6. The lowest BCUT2D eigenvalue weighted by Crippen LogP contribution is -2.14. The maximum Gasteiger partial charge on any atom is 0.160 e. The molecular weight excluding hydrogens is 560 g/mol. The number of hydrogen-bond donors (Lipinski definition) is 0. The van der Waals surface area contributed by atoms with Gasteiger partial charge < -0.3 is 4.42 Å². The van der Waals surface area contributed by atoms with Crippen molar-refractivity contribution >= 4 is 21.9 Å². The van der Waals surface area contributed by atoms with Crippen molar-refractivity contribution < 1.29 is 4.42 Å². The van der Waals surface area contributed by atoms with Crippen LogP contribution in [0.1, 0.15) is 25.0 Å². The number of rotatable bonds is 4. The van der Waals surface area contributed by atoms with Gasteiger partial charge in [0.15, 0.2) is 5.82 Å². The number of benzene rings is 6. The van der Waals surface area contributed by atoms with Crippen LogP contribution in [-0.2, 0) is 5.41 Å². The first-order chi connectivity index (χ1) is 22.5. The summed E-state index contributed by atoms with van der Waals surface area (Å²) < 4.78 is 6.29. The first-order valence-corrected chi connectivity index (χ1v) is 15.7. The molecule has 1 aliphatic carbocycles. The van der Waals surface area contributed by atoms with Crippen molar-refractivity contribution in [1.29, 1.82) is 0 Å². The zero-order chi connectivity index (χ0) is 30.8. The Balaban J connectivity index is 1.15. The first-order valence-electron chi connectivity index (χ1n) is 15.7. The van der Waals surface area contributed by atoms with Crippen LogP contribution in [0.3, 0.4) is 0 Å². The van der Waals surface area contributed by atoms with Crippen molar-refractivity contribution in [2.75, 3.05) is 0 Å². The molecular formula is C43H30N2O. The van der Waals surface area contributed by atoms with Crippen molar-refractivity contribution in [2.24, 2.45) is 0 Å². The van der Waals surface area contributed by atoms with E-state index < -0.39 is 0 Å². The highest BCUT2D eigenvalue weighted by Crippen LogP contribution is 2.53.